The van der Waals surface area contributed by atoms with Crippen LogP contribution in [0, 0.1) is 11.8 Å². The van der Waals surface area contributed by atoms with Gasteiger partial charge in [0.1, 0.15) is 0 Å². The topological polar surface area (TPSA) is 92.8 Å². The molecule has 0 unspecified atom stereocenters. The maximum Gasteiger partial charge on any atom is 0.308 e. The van der Waals surface area contributed by atoms with Gasteiger partial charge in [0.05, 0.1) is 18.3 Å². The standard InChI is InChI=1S/C20H30N2O5/c23-17(21-14-7-3-1-2-4-8-14)13-27-18(24)11-12-22-19(25)15-9-5-6-10-16(15)20(22)26/h14-16H,1-13H2,(H,21,23)/t15-,16+. The number of likely N-dealkylation sites (tertiary alicyclic amines) is 1. The average molecular weight is 378 g/mol. The lowest BCUT2D eigenvalue weighted by atomic mass is 9.81. The van der Waals surface area contributed by atoms with Gasteiger partial charge >= 0.3 is 5.97 Å². The Kier molecular flexibility index (Phi) is 6.85. The molecule has 0 aromatic carbocycles. The molecule has 150 valence electrons. The van der Waals surface area contributed by atoms with Gasteiger partial charge in [-0.3, -0.25) is 24.1 Å². The summed E-state index contributed by atoms with van der Waals surface area (Å²) in [7, 11) is 0. The number of amides is 3. The van der Waals surface area contributed by atoms with Gasteiger partial charge in [0.15, 0.2) is 6.61 Å². The van der Waals surface area contributed by atoms with Crippen LogP contribution in [0.5, 0.6) is 0 Å². The van der Waals surface area contributed by atoms with Crippen molar-refractivity contribution in [2.75, 3.05) is 13.2 Å². The second-order valence-corrected chi connectivity index (χ2v) is 7.99. The van der Waals surface area contributed by atoms with Crippen molar-refractivity contribution in [2.45, 2.75) is 76.7 Å². The summed E-state index contributed by atoms with van der Waals surface area (Å²) in [5.74, 6) is -1.54. The summed E-state index contributed by atoms with van der Waals surface area (Å²) in [4.78, 5) is 49.8. The van der Waals surface area contributed by atoms with Gasteiger partial charge in [-0.05, 0) is 25.7 Å². The smallest absolute Gasteiger partial charge is 0.308 e. The van der Waals surface area contributed by atoms with Crippen LogP contribution in [0.15, 0.2) is 0 Å². The lowest BCUT2D eigenvalue weighted by Crippen LogP contribution is -2.38. The van der Waals surface area contributed by atoms with Crippen molar-refractivity contribution < 1.29 is 23.9 Å². The highest BCUT2D eigenvalue weighted by Gasteiger charge is 2.47. The van der Waals surface area contributed by atoms with Crippen molar-refractivity contribution in [2.24, 2.45) is 11.8 Å². The number of nitrogens with zero attached hydrogens (tertiary/aromatic N) is 1. The molecule has 2 aliphatic carbocycles. The third kappa shape index (κ3) is 5.08. The monoisotopic (exact) mass is 378 g/mol. The van der Waals surface area contributed by atoms with E-state index in [0.29, 0.717) is 0 Å². The van der Waals surface area contributed by atoms with E-state index in [9.17, 15) is 19.2 Å². The number of ether oxygens (including phenoxy) is 1. The summed E-state index contributed by atoms with van der Waals surface area (Å²) < 4.78 is 5.03. The largest absolute Gasteiger partial charge is 0.456 e. The molecular weight excluding hydrogens is 348 g/mol. The summed E-state index contributed by atoms with van der Waals surface area (Å²) in [6.45, 7) is -0.254. The Bertz CT molecular complexity index is 559. The normalized spacial score (nSPS) is 26.4. The van der Waals surface area contributed by atoms with Gasteiger partial charge in [0.2, 0.25) is 11.8 Å². The Morgan fingerprint density at radius 2 is 1.44 bits per heavy atom. The number of carbonyl (C=O) groups is 4. The molecule has 1 saturated heterocycles. The molecule has 1 aliphatic heterocycles. The third-order valence-corrected chi connectivity index (χ3v) is 6.06. The van der Waals surface area contributed by atoms with Gasteiger partial charge in [0.25, 0.3) is 5.91 Å². The molecule has 1 N–H and O–H groups in total. The van der Waals surface area contributed by atoms with Gasteiger partial charge in [-0.25, -0.2) is 0 Å². The summed E-state index contributed by atoms with van der Waals surface area (Å²) in [6.07, 6.45) is 10.0. The second kappa shape index (κ2) is 9.33. The number of imide groups is 1. The van der Waals surface area contributed by atoms with Gasteiger partial charge < -0.3 is 10.1 Å². The molecule has 3 aliphatic rings. The van der Waals surface area contributed by atoms with E-state index in [1.54, 1.807) is 0 Å². The molecule has 7 nitrogen and oxygen atoms in total. The Hall–Kier alpha value is -1.92. The molecule has 27 heavy (non-hydrogen) atoms. The molecule has 7 heteroatoms. The van der Waals surface area contributed by atoms with Crippen LogP contribution in [0.3, 0.4) is 0 Å². The van der Waals surface area contributed by atoms with E-state index in [0.717, 1.165) is 51.4 Å². The van der Waals surface area contributed by atoms with E-state index < -0.39 is 5.97 Å². The first-order valence-corrected chi connectivity index (χ1v) is 10.4. The van der Waals surface area contributed by atoms with Crippen molar-refractivity contribution in [3.63, 3.8) is 0 Å². The zero-order valence-electron chi connectivity index (χ0n) is 15.9. The molecule has 3 fully saturated rings. The van der Waals surface area contributed by atoms with Crippen molar-refractivity contribution in [1.82, 2.24) is 10.2 Å². The first kappa shape index (κ1) is 19.8. The molecule has 2 atom stereocenters. The molecular formula is C20H30N2O5. The van der Waals surface area contributed by atoms with E-state index in [1.165, 1.54) is 17.7 Å². The van der Waals surface area contributed by atoms with Crippen LogP contribution in [-0.4, -0.2) is 47.8 Å². The number of hydrogen-bond acceptors (Lipinski definition) is 5. The third-order valence-electron chi connectivity index (χ3n) is 6.06. The Labute approximate surface area is 160 Å². The zero-order chi connectivity index (χ0) is 19.2. The van der Waals surface area contributed by atoms with E-state index in [1.807, 2.05) is 0 Å². The first-order valence-electron chi connectivity index (χ1n) is 10.4. The maximum atomic E-state index is 12.4. The molecule has 0 aromatic rings. The lowest BCUT2D eigenvalue weighted by Gasteiger charge is -2.19. The van der Waals surface area contributed by atoms with Crippen molar-refractivity contribution in [1.29, 1.82) is 0 Å². The summed E-state index contributed by atoms with van der Waals surface area (Å²) in [6, 6.07) is 0.168. The number of carbonyl (C=O) groups excluding carboxylic acids is 4. The van der Waals surface area contributed by atoms with Crippen molar-refractivity contribution >= 4 is 23.7 Å². The SMILES string of the molecule is O=C(COC(=O)CCN1C(=O)[C@H]2CCCC[C@H]2C1=O)NC1CCCCCC1. The van der Waals surface area contributed by atoms with Crippen molar-refractivity contribution in [3.8, 4) is 0 Å². The average Bonchev–Trinajstić information content (AvgIpc) is 2.84. The highest BCUT2D eigenvalue weighted by Crippen LogP contribution is 2.37. The fourth-order valence-corrected chi connectivity index (χ4v) is 4.57. The van der Waals surface area contributed by atoms with E-state index in [2.05, 4.69) is 5.32 Å². The van der Waals surface area contributed by atoms with Gasteiger partial charge in [0, 0.05) is 12.6 Å². The zero-order valence-corrected chi connectivity index (χ0v) is 15.9. The van der Waals surface area contributed by atoms with E-state index in [4.69, 9.17) is 4.74 Å². The van der Waals surface area contributed by atoms with E-state index >= 15 is 0 Å². The molecule has 0 radical (unpaired) electrons. The number of hydrogen-bond donors (Lipinski definition) is 1. The summed E-state index contributed by atoms with van der Waals surface area (Å²) in [5.41, 5.74) is 0. The summed E-state index contributed by atoms with van der Waals surface area (Å²) in [5, 5.41) is 2.92. The molecule has 3 amide bonds. The Morgan fingerprint density at radius 1 is 0.889 bits per heavy atom. The fraction of sp³-hybridized carbons (Fsp3) is 0.800. The quantitative estimate of drug-likeness (QED) is 0.433. The fourth-order valence-electron chi connectivity index (χ4n) is 4.57. The maximum absolute atomic E-state index is 12.4. The van der Waals surface area contributed by atoms with E-state index in [-0.39, 0.29) is 55.2 Å². The van der Waals surface area contributed by atoms with Crippen LogP contribution in [0.1, 0.15) is 70.6 Å². The summed E-state index contributed by atoms with van der Waals surface area (Å²) >= 11 is 0. The number of esters is 1. The molecule has 0 bridgehead atoms. The van der Waals surface area contributed by atoms with Gasteiger partial charge in [-0.15, -0.1) is 0 Å². The van der Waals surface area contributed by atoms with Crippen LogP contribution in [0.2, 0.25) is 0 Å². The highest BCUT2D eigenvalue weighted by molar-refractivity contribution is 6.05. The van der Waals surface area contributed by atoms with Crippen LogP contribution < -0.4 is 5.32 Å². The minimum Gasteiger partial charge on any atom is -0.456 e. The van der Waals surface area contributed by atoms with Gasteiger partial charge in [-0.2, -0.15) is 0 Å². The highest BCUT2D eigenvalue weighted by atomic mass is 16.5. The minimum absolute atomic E-state index is 0.0493. The molecule has 1 heterocycles. The second-order valence-electron chi connectivity index (χ2n) is 7.99. The molecule has 2 saturated carbocycles. The van der Waals surface area contributed by atoms with Crippen LogP contribution in [0.4, 0.5) is 0 Å². The Balaban J connectivity index is 1.37. The van der Waals surface area contributed by atoms with Crippen molar-refractivity contribution in [3.05, 3.63) is 0 Å². The number of nitrogens with one attached hydrogen (secondary N) is 1. The predicted molar refractivity (Wildman–Crippen MR) is 97.4 cm³/mol. The van der Waals surface area contributed by atoms with Crippen LogP contribution >= 0.6 is 0 Å². The Morgan fingerprint density at radius 3 is 2.04 bits per heavy atom. The minimum atomic E-state index is -0.554. The molecule has 3 rings (SSSR count). The van der Waals surface area contributed by atoms with Crippen LogP contribution in [0.25, 0.3) is 0 Å². The number of rotatable bonds is 6. The van der Waals surface area contributed by atoms with Crippen LogP contribution in [-0.2, 0) is 23.9 Å². The predicted octanol–water partition coefficient (Wildman–Crippen LogP) is 1.93. The lowest BCUT2D eigenvalue weighted by molar-refractivity contribution is -0.150. The number of fused-ring (bicyclic) bond motifs is 1. The first-order chi connectivity index (χ1) is 13.1. The molecule has 0 spiro atoms. The molecule has 0 aromatic heterocycles. The van der Waals surface area contributed by atoms with Gasteiger partial charge in [-0.1, -0.05) is 38.5 Å².